The van der Waals surface area contributed by atoms with Crippen molar-refractivity contribution in [1.82, 2.24) is 9.55 Å². The summed E-state index contributed by atoms with van der Waals surface area (Å²) in [6.07, 6.45) is 0.942. The van der Waals surface area contributed by atoms with Gasteiger partial charge in [-0.3, -0.25) is 9.36 Å². The van der Waals surface area contributed by atoms with E-state index in [1.165, 1.54) is 0 Å². The number of rotatable bonds is 0. The van der Waals surface area contributed by atoms with Crippen LogP contribution in [0.15, 0.2) is 23.0 Å². The minimum Gasteiger partial charge on any atom is -0.295 e. The fraction of sp³-hybridized carbons (Fsp3) is 0.333. The number of benzene rings is 1. The van der Waals surface area contributed by atoms with E-state index in [-0.39, 0.29) is 10.4 Å². The summed E-state index contributed by atoms with van der Waals surface area (Å²) in [5.74, 6) is 0.864. The van der Waals surface area contributed by atoms with E-state index < -0.39 is 0 Å². The third kappa shape index (κ3) is 1.26. The number of nitrogens with zero attached hydrogens (tertiary/aromatic N) is 2. The first-order valence-corrected chi connectivity index (χ1v) is 6.24. The average Bonchev–Trinajstić information content (AvgIpc) is 2.61. The van der Waals surface area contributed by atoms with Crippen LogP contribution in [0.2, 0.25) is 0 Å². The number of fused-ring (bicyclic) bond motifs is 2. The molecule has 0 saturated heterocycles. The third-order valence-corrected chi connectivity index (χ3v) is 3.98. The van der Waals surface area contributed by atoms with Crippen LogP contribution in [0.3, 0.4) is 0 Å². The summed E-state index contributed by atoms with van der Waals surface area (Å²) in [5, 5.41) is 0.757. The minimum absolute atomic E-state index is 0.0973. The van der Waals surface area contributed by atoms with Gasteiger partial charge in [-0.15, -0.1) is 0 Å². The number of hydrogen-bond donors (Lipinski definition) is 0. The summed E-state index contributed by atoms with van der Waals surface area (Å²) >= 11 is 3.55. The number of halogens is 1. The standard InChI is InChI=1S/C12H11BrN2O/c1-7-3-2-4-9-10(7)12(16)15-6-5-8(13)11(15)14-9/h2-4,8H,5-6H2,1H3/t8-/m1/s1. The Morgan fingerprint density at radius 3 is 3.12 bits per heavy atom. The Morgan fingerprint density at radius 1 is 1.50 bits per heavy atom. The minimum atomic E-state index is 0.0973. The second kappa shape index (κ2) is 3.42. The fourth-order valence-electron chi connectivity index (χ4n) is 2.27. The zero-order valence-corrected chi connectivity index (χ0v) is 10.5. The van der Waals surface area contributed by atoms with E-state index in [1.807, 2.05) is 25.1 Å². The Morgan fingerprint density at radius 2 is 2.31 bits per heavy atom. The second-order valence-electron chi connectivity index (χ2n) is 4.15. The molecule has 1 atom stereocenters. The van der Waals surface area contributed by atoms with Gasteiger partial charge in [0.2, 0.25) is 0 Å². The summed E-state index contributed by atoms with van der Waals surface area (Å²) in [5.41, 5.74) is 1.91. The summed E-state index contributed by atoms with van der Waals surface area (Å²) in [7, 11) is 0. The van der Waals surface area contributed by atoms with Gasteiger partial charge in [0.1, 0.15) is 5.82 Å². The average molecular weight is 279 g/mol. The van der Waals surface area contributed by atoms with Crippen LogP contribution in [0.25, 0.3) is 10.9 Å². The van der Waals surface area contributed by atoms with Gasteiger partial charge in [0.25, 0.3) is 5.56 Å². The molecule has 0 spiro atoms. The van der Waals surface area contributed by atoms with E-state index in [0.29, 0.717) is 0 Å². The number of alkyl halides is 1. The predicted octanol–water partition coefficient (Wildman–Crippen LogP) is 2.54. The summed E-state index contributed by atoms with van der Waals surface area (Å²) < 4.78 is 1.79. The van der Waals surface area contributed by atoms with Gasteiger partial charge < -0.3 is 0 Å². The molecule has 2 heterocycles. The molecule has 1 aliphatic heterocycles. The van der Waals surface area contributed by atoms with Crippen LogP contribution < -0.4 is 5.56 Å². The second-order valence-corrected chi connectivity index (χ2v) is 5.26. The molecule has 16 heavy (non-hydrogen) atoms. The van der Waals surface area contributed by atoms with E-state index in [9.17, 15) is 4.79 Å². The monoisotopic (exact) mass is 278 g/mol. The quantitative estimate of drug-likeness (QED) is 0.695. The van der Waals surface area contributed by atoms with Crippen molar-refractivity contribution < 1.29 is 0 Å². The number of aromatic nitrogens is 2. The van der Waals surface area contributed by atoms with E-state index in [1.54, 1.807) is 4.57 Å². The molecule has 3 nitrogen and oxygen atoms in total. The largest absolute Gasteiger partial charge is 0.295 e. The van der Waals surface area contributed by atoms with Gasteiger partial charge in [-0.2, -0.15) is 0 Å². The maximum atomic E-state index is 12.3. The van der Waals surface area contributed by atoms with Gasteiger partial charge in [0.15, 0.2) is 0 Å². The lowest BCUT2D eigenvalue weighted by Gasteiger charge is -2.07. The highest BCUT2D eigenvalue weighted by Gasteiger charge is 2.24. The van der Waals surface area contributed by atoms with E-state index >= 15 is 0 Å². The van der Waals surface area contributed by atoms with Gasteiger partial charge in [-0.25, -0.2) is 4.98 Å². The molecule has 0 N–H and O–H groups in total. The Bertz CT molecular complexity index is 633. The van der Waals surface area contributed by atoms with Crippen molar-refractivity contribution >= 4 is 26.8 Å². The zero-order chi connectivity index (χ0) is 11.3. The molecule has 2 aromatic rings. The van der Waals surface area contributed by atoms with Crippen LogP contribution in [0.1, 0.15) is 22.6 Å². The van der Waals surface area contributed by atoms with Crippen molar-refractivity contribution in [2.45, 2.75) is 24.7 Å². The molecule has 1 aliphatic rings. The smallest absolute Gasteiger partial charge is 0.261 e. The van der Waals surface area contributed by atoms with Gasteiger partial charge in [-0.1, -0.05) is 28.1 Å². The van der Waals surface area contributed by atoms with Crippen LogP contribution in [0.4, 0.5) is 0 Å². The van der Waals surface area contributed by atoms with E-state index in [2.05, 4.69) is 20.9 Å². The Kier molecular flexibility index (Phi) is 2.14. The maximum absolute atomic E-state index is 12.3. The van der Waals surface area contributed by atoms with E-state index in [0.717, 1.165) is 35.3 Å². The van der Waals surface area contributed by atoms with Crippen LogP contribution in [-0.2, 0) is 6.54 Å². The first-order valence-electron chi connectivity index (χ1n) is 5.32. The molecular formula is C12H11BrN2O. The van der Waals surface area contributed by atoms with Crippen LogP contribution in [0.5, 0.6) is 0 Å². The molecule has 3 rings (SSSR count). The molecule has 0 saturated carbocycles. The normalized spacial score (nSPS) is 19.0. The Labute approximate surface area is 101 Å². The van der Waals surface area contributed by atoms with E-state index in [4.69, 9.17) is 0 Å². The predicted molar refractivity (Wildman–Crippen MR) is 67.0 cm³/mol. The van der Waals surface area contributed by atoms with Gasteiger partial charge in [0.05, 0.1) is 15.7 Å². The van der Waals surface area contributed by atoms with Crippen molar-refractivity contribution in [3.05, 3.63) is 39.9 Å². The SMILES string of the molecule is Cc1cccc2nc3n(c(=O)c12)CC[C@H]3Br. The Hall–Kier alpha value is -1.16. The molecule has 0 aliphatic carbocycles. The molecule has 0 unspecified atom stereocenters. The lowest BCUT2D eigenvalue weighted by Crippen LogP contribution is -2.21. The summed E-state index contributed by atoms with van der Waals surface area (Å²) in [6, 6.07) is 5.81. The van der Waals surface area contributed by atoms with Crippen LogP contribution in [0, 0.1) is 6.92 Å². The highest BCUT2D eigenvalue weighted by molar-refractivity contribution is 9.09. The van der Waals surface area contributed by atoms with Crippen molar-refractivity contribution in [3.63, 3.8) is 0 Å². The molecule has 82 valence electrons. The molecular weight excluding hydrogens is 268 g/mol. The molecule has 1 aromatic carbocycles. The van der Waals surface area contributed by atoms with Crippen LogP contribution in [-0.4, -0.2) is 9.55 Å². The topological polar surface area (TPSA) is 34.9 Å². The first-order chi connectivity index (χ1) is 7.68. The van der Waals surface area contributed by atoms with Crippen molar-refractivity contribution in [3.8, 4) is 0 Å². The van der Waals surface area contributed by atoms with Gasteiger partial charge >= 0.3 is 0 Å². The highest BCUT2D eigenvalue weighted by atomic mass is 79.9. The lowest BCUT2D eigenvalue weighted by atomic mass is 10.1. The molecule has 0 amide bonds. The molecule has 4 heteroatoms. The van der Waals surface area contributed by atoms with Gasteiger partial charge in [0, 0.05) is 6.54 Å². The van der Waals surface area contributed by atoms with Crippen LogP contribution >= 0.6 is 15.9 Å². The summed E-state index contributed by atoms with van der Waals surface area (Å²) in [6.45, 7) is 2.72. The van der Waals surface area contributed by atoms with Crippen molar-refractivity contribution in [2.24, 2.45) is 0 Å². The number of hydrogen-bond acceptors (Lipinski definition) is 2. The van der Waals surface area contributed by atoms with Crippen molar-refractivity contribution in [2.75, 3.05) is 0 Å². The molecule has 0 radical (unpaired) electrons. The number of aryl methyl sites for hydroxylation is 1. The lowest BCUT2D eigenvalue weighted by molar-refractivity contribution is 0.718. The van der Waals surface area contributed by atoms with Crippen molar-refractivity contribution in [1.29, 1.82) is 0 Å². The van der Waals surface area contributed by atoms with Gasteiger partial charge in [-0.05, 0) is 25.0 Å². The fourth-order valence-corrected chi connectivity index (χ4v) is 2.83. The maximum Gasteiger partial charge on any atom is 0.261 e. The molecule has 0 fully saturated rings. The molecule has 1 aromatic heterocycles. The summed E-state index contributed by atoms with van der Waals surface area (Å²) in [4.78, 5) is 17.1. The first kappa shape index (κ1) is 10.0. The molecule has 0 bridgehead atoms. The Balaban J connectivity index is 2.49. The highest BCUT2D eigenvalue weighted by Crippen LogP contribution is 2.31. The third-order valence-electron chi connectivity index (χ3n) is 3.11. The zero-order valence-electron chi connectivity index (χ0n) is 8.90.